The molecule has 0 saturated carbocycles. The van der Waals surface area contributed by atoms with Gasteiger partial charge in [0.25, 0.3) is 12.1 Å². The molecule has 4 rings (SSSR count). The minimum atomic E-state index is -4.94. The molecule has 2 N–H and O–H groups in total. The van der Waals surface area contributed by atoms with Gasteiger partial charge in [-0.25, -0.2) is 28.0 Å². The van der Waals surface area contributed by atoms with Crippen LogP contribution < -0.4 is 33.9 Å². The van der Waals surface area contributed by atoms with E-state index in [0.717, 1.165) is 11.1 Å². The van der Waals surface area contributed by atoms with Crippen LogP contribution in [0.1, 0.15) is 11.1 Å². The highest BCUT2D eigenvalue weighted by Gasteiger charge is 2.18. The summed E-state index contributed by atoms with van der Waals surface area (Å²) in [5.74, 6) is 0.0804. The molecule has 0 aliphatic heterocycles. The number of hydrogen-bond donors (Lipinski definition) is 1. The van der Waals surface area contributed by atoms with Crippen LogP contribution in [-0.2, 0) is 13.2 Å². The van der Waals surface area contributed by atoms with Crippen LogP contribution in [0, 0.1) is 16.1 Å². The third-order valence-corrected chi connectivity index (χ3v) is 4.05. The predicted octanol–water partition coefficient (Wildman–Crippen LogP) is -2.64. The van der Waals surface area contributed by atoms with Crippen molar-refractivity contribution in [3.63, 3.8) is 0 Å². The summed E-state index contributed by atoms with van der Waals surface area (Å²) in [6.45, 7) is 0.900. The molecule has 0 aliphatic rings. The molecule has 0 aliphatic carbocycles. The zero-order chi connectivity index (χ0) is 22.4. The quantitative estimate of drug-likeness (QED) is 0.323. The summed E-state index contributed by atoms with van der Waals surface area (Å²) in [5, 5.41) is 0. The van der Waals surface area contributed by atoms with Crippen molar-refractivity contribution in [1.29, 1.82) is 0 Å². The summed E-state index contributed by atoms with van der Waals surface area (Å²) < 4.78 is 50.2. The van der Waals surface area contributed by atoms with Crippen LogP contribution >= 0.6 is 0 Å². The SMILES string of the molecule is Nc1c2ncn(Cc3ccccc3)c2nc[n+]1OCc1ccc(F)cc1.[O-][Cl+3]([O-])([O-])[O-]. The van der Waals surface area contributed by atoms with Crippen molar-refractivity contribution >= 4 is 17.0 Å². The van der Waals surface area contributed by atoms with Crippen LogP contribution in [0.4, 0.5) is 10.2 Å². The van der Waals surface area contributed by atoms with E-state index in [2.05, 4.69) is 9.97 Å². The molecule has 31 heavy (non-hydrogen) atoms. The van der Waals surface area contributed by atoms with Crippen LogP contribution in [0.25, 0.3) is 11.2 Å². The van der Waals surface area contributed by atoms with E-state index < -0.39 is 10.2 Å². The minimum absolute atomic E-state index is 0.243. The Kier molecular flexibility index (Phi) is 6.95. The molecule has 0 bridgehead atoms. The van der Waals surface area contributed by atoms with Crippen LogP contribution in [-0.4, -0.2) is 14.5 Å². The normalized spacial score (nSPS) is 11.1. The lowest BCUT2D eigenvalue weighted by Gasteiger charge is -2.17. The standard InChI is InChI=1S/C19H16FN5O.ClHO4/c20-16-8-6-15(7-9-16)11-26-25-13-23-19-17(18(25)21)22-12-24(19)10-14-4-2-1-3-5-14;2-1(3,4)5/h1-9,12-13,21H,10-11H2;(H,2,3,4,5). The van der Waals surface area contributed by atoms with Gasteiger partial charge in [0, 0.05) is 0 Å². The number of nitrogens with zero attached hydrogens (tertiary/aromatic N) is 4. The predicted molar refractivity (Wildman–Crippen MR) is 94.4 cm³/mol. The summed E-state index contributed by atoms with van der Waals surface area (Å²) in [6.07, 6.45) is 3.23. The minimum Gasteiger partial charge on any atom is -0.352 e. The Labute approximate surface area is 177 Å². The Balaban J connectivity index is 0.000000491. The number of fused-ring (bicyclic) bond motifs is 1. The Hall–Kier alpha value is -3.35. The second kappa shape index (κ2) is 9.64. The monoisotopic (exact) mass is 449 g/mol. The smallest absolute Gasteiger partial charge is 0.289 e. The van der Waals surface area contributed by atoms with Gasteiger partial charge in [0.05, 0.1) is 12.9 Å². The first-order valence-electron chi connectivity index (χ1n) is 8.75. The molecule has 2 heterocycles. The molecule has 0 spiro atoms. The van der Waals surface area contributed by atoms with E-state index in [4.69, 9.17) is 29.2 Å². The van der Waals surface area contributed by atoms with Gasteiger partial charge in [0.15, 0.2) is 6.61 Å². The van der Waals surface area contributed by atoms with Gasteiger partial charge < -0.3 is 10.6 Å². The first-order valence-corrected chi connectivity index (χ1v) is 9.98. The summed E-state index contributed by atoms with van der Waals surface area (Å²) in [7, 11) is -4.94. The average Bonchev–Trinajstić information content (AvgIpc) is 3.12. The van der Waals surface area contributed by atoms with E-state index in [-0.39, 0.29) is 12.4 Å². The average molecular weight is 450 g/mol. The van der Waals surface area contributed by atoms with Gasteiger partial charge in [-0.05, 0) is 23.3 Å². The number of benzene rings is 2. The van der Waals surface area contributed by atoms with Gasteiger partial charge in [0.2, 0.25) is 11.2 Å². The van der Waals surface area contributed by atoms with E-state index >= 15 is 0 Å². The van der Waals surface area contributed by atoms with Crippen LogP contribution in [0.3, 0.4) is 0 Å². The van der Waals surface area contributed by atoms with E-state index in [1.54, 1.807) is 18.5 Å². The number of aromatic nitrogens is 4. The van der Waals surface area contributed by atoms with E-state index in [0.29, 0.717) is 23.5 Å². The van der Waals surface area contributed by atoms with Gasteiger partial charge in [0.1, 0.15) is 5.82 Å². The summed E-state index contributed by atoms with van der Waals surface area (Å²) in [4.78, 5) is 14.4. The zero-order valence-corrected chi connectivity index (χ0v) is 16.7. The van der Waals surface area contributed by atoms with Gasteiger partial charge in [-0.2, -0.15) is 0 Å². The molecule has 162 valence electrons. The summed E-state index contributed by atoms with van der Waals surface area (Å²) in [6, 6.07) is 16.2. The second-order valence-corrected chi connectivity index (χ2v) is 7.02. The van der Waals surface area contributed by atoms with E-state index in [1.807, 2.05) is 34.9 Å². The Morgan fingerprint density at radius 1 is 0.968 bits per heavy atom. The molecule has 0 unspecified atom stereocenters. The molecule has 12 heteroatoms. The third-order valence-electron chi connectivity index (χ3n) is 4.05. The molecular formula is C19H17ClFN5O5. The number of imidazole rings is 1. The van der Waals surface area contributed by atoms with Crippen molar-refractivity contribution in [3.8, 4) is 0 Å². The van der Waals surface area contributed by atoms with Crippen molar-refractivity contribution in [2.75, 3.05) is 5.73 Å². The Morgan fingerprint density at radius 2 is 1.61 bits per heavy atom. The maximum absolute atomic E-state index is 13.0. The molecule has 4 aromatic rings. The number of nitrogen functional groups attached to an aromatic ring is 1. The first-order chi connectivity index (χ1) is 14.7. The molecule has 0 atom stereocenters. The summed E-state index contributed by atoms with van der Waals surface area (Å²) in [5.41, 5.74) is 9.41. The van der Waals surface area contributed by atoms with Crippen molar-refractivity contribution < 1.29 is 42.8 Å². The number of rotatable bonds is 5. The second-order valence-electron chi connectivity index (χ2n) is 6.26. The molecule has 0 radical (unpaired) electrons. The molecule has 2 aromatic carbocycles. The lowest BCUT2D eigenvalue weighted by Crippen LogP contribution is -2.68. The topological polar surface area (TPSA) is 162 Å². The maximum Gasteiger partial charge on any atom is 0.289 e. The highest BCUT2D eigenvalue weighted by molar-refractivity contribution is 5.79. The molecule has 0 saturated heterocycles. The zero-order valence-electron chi connectivity index (χ0n) is 15.9. The van der Waals surface area contributed by atoms with Gasteiger partial charge in [-0.15, -0.1) is 10.2 Å². The van der Waals surface area contributed by atoms with Crippen LogP contribution in [0.2, 0.25) is 0 Å². The number of halogens is 2. The van der Waals surface area contributed by atoms with E-state index in [9.17, 15) is 4.39 Å². The Bertz CT molecular complexity index is 1130. The van der Waals surface area contributed by atoms with Crippen molar-refractivity contribution in [2.24, 2.45) is 0 Å². The van der Waals surface area contributed by atoms with E-state index in [1.165, 1.54) is 23.2 Å². The number of anilines is 1. The van der Waals surface area contributed by atoms with Crippen molar-refractivity contribution in [2.45, 2.75) is 13.2 Å². The molecule has 0 fully saturated rings. The largest absolute Gasteiger partial charge is 0.352 e. The maximum atomic E-state index is 13.0. The van der Waals surface area contributed by atoms with Gasteiger partial charge in [-0.3, -0.25) is 4.57 Å². The van der Waals surface area contributed by atoms with Crippen LogP contribution in [0.15, 0.2) is 67.3 Å². The fraction of sp³-hybridized carbons (Fsp3) is 0.105. The Morgan fingerprint density at radius 3 is 2.26 bits per heavy atom. The highest BCUT2D eigenvalue weighted by atomic mass is 35.7. The highest BCUT2D eigenvalue weighted by Crippen LogP contribution is 2.15. The van der Waals surface area contributed by atoms with Gasteiger partial charge in [-0.1, -0.05) is 52.2 Å². The first kappa shape index (κ1) is 22.3. The molecular weight excluding hydrogens is 433 g/mol. The number of hydrogen-bond acceptors (Lipinski definition) is 8. The van der Waals surface area contributed by atoms with Crippen molar-refractivity contribution in [3.05, 3.63) is 84.2 Å². The molecule has 0 amide bonds. The van der Waals surface area contributed by atoms with Crippen molar-refractivity contribution in [1.82, 2.24) is 14.5 Å². The fourth-order valence-electron chi connectivity index (χ4n) is 2.69. The van der Waals surface area contributed by atoms with Crippen LogP contribution in [0.5, 0.6) is 0 Å². The summed E-state index contributed by atoms with van der Waals surface area (Å²) >= 11 is 0. The fourth-order valence-corrected chi connectivity index (χ4v) is 2.69. The van der Waals surface area contributed by atoms with Gasteiger partial charge >= 0.3 is 0 Å². The third kappa shape index (κ3) is 6.57. The molecule has 2 aromatic heterocycles. The number of nitrogens with two attached hydrogens (primary N) is 1. The molecule has 10 nitrogen and oxygen atoms in total. The lowest BCUT2D eigenvalue weighted by atomic mass is 10.2. The lowest BCUT2D eigenvalue weighted by molar-refractivity contribution is -2.00.